The maximum atomic E-state index is 10.4. The van der Waals surface area contributed by atoms with Crippen LogP contribution in [0.4, 0.5) is 5.82 Å². The zero-order valence-electron chi connectivity index (χ0n) is 18.7. The molecule has 1 aliphatic heterocycles. The van der Waals surface area contributed by atoms with Crippen molar-refractivity contribution in [2.75, 3.05) is 25.6 Å². The van der Waals surface area contributed by atoms with E-state index in [1.165, 1.54) is 24.6 Å². The fourth-order valence-corrected chi connectivity index (χ4v) is 4.51. The molecule has 3 N–H and O–H groups in total. The lowest BCUT2D eigenvalue weighted by atomic mass is 9.91. The highest BCUT2D eigenvalue weighted by Crippen LogP contribution is 2.34. The third kappa shape index (κ3) is 4.14. The first-order chi connectivity index (χ1) is 16.7. The first-order valence-corrected chi connectivity index (χ1v) is 11.2. The van der Waals surface area contributed by atoms with Gasteiger partial charge in [-0.1, -0.05) is 60.7 Å². The van der Waals surface area contributed by atoms with E-state index in [1.54, 1.807) is 10.9 Å². The number of methoxy groups -OCH3 is 1. The third-order valence-electron chi connectivity index (χ3n) is 6.28. The Bertz CT molecular complexity index is 1180. The van der Waals surface area contributed by atoms with Crippen LogP contribution in [0.3, 0.4) is 0 Å². The average molecular weight is 462 g/mol. The van der Waals surface area contributed by atoms with Crippen molar-refractivity contribution < 1.29 is 19.7 Å². The number of imidazole rings is 1. The quantitative estimate of drug-likeness (QED) is 0.366. The van der Waals surface area contributed by atoms with Crippen LogP contribution in [0.2, 0.25) is 0 Å². The summed E-state index contributed by atoms with van der Waals surface area (Å²) in [7, 11) is 1.50. The molecule has 176 valence electrons. The molecule has 34 heavy (non-hydrogen) atoms. The largest absolute Gasteiger partial charge is 0.394 e. The molecule has 4 atom stereocenters. The molecule has 0 amide bonds. The summed E-state index contributed by atoms with van der Waals surface area (Å²) in [5.74, 6) is 0.720. The molecule has 4 aromatic rings. The molecular weight excluding hydrogens is 434 g/mol. The number of aliphatic hydroxyl groups excluding tert-OH is 2. The minimum atomic E-state index is -0.964. The number of ether oxygens (including phenoxy) is 2. The van der Waals surface area contributed by atoms with Crippen molar-refractivity contribution in [1.29, 1.82) is 0 Å². The fraction of sp³-hybridized carbons (Fsp3) is 0.320. The van der Waals surface area contributed by atoms with Gasteiger partial charge in [0.25, 0.3) is 0 Å². The molecule has 9 heteroatoms. The Labute approximate surface area is 197 Å². The predicted molar refractivity (Wildman–Crippen MR) is 126 cm³/mol. The first-order valence-electron chi connectivity index (χ1n) is 11.2. The summed E-state index contributed by atoms with van der Waals surface area (Å²) in [4.78, 5) is 13.4. The smallest absolute Gasteiger partial charge is 0.167 e. The Hall–Kier alpha value is -3.37. The normalized spacial score (nSPS) is 22.5. The Kier molecular flexibility index (Phi) is 6.50. The van der Waals surface area contributed by atoms with E-state index in [0.717, 1.165) is 0 Å². The molecule has 0 bridgehead atoms. The third-order valence-corrected chi connectivity index (χ3v) is 6.28. The zero-order valence-corrected chi connectivity index (χ0v) is 18.7. The van der Waals surface area contributed by atoms with Crippen molar-refractivity contribution in [3.05, 3.63) is 84.4 Å². The van der Waals surface area contributed by atoms with E-state index in [0.29, 0.717) is 23.5 Å². The van der Waals surface area contributed by atoms with Gasteiger partial charge in [0.05, 0.1) is 12.9 Å². The summed E-state index contributed by atoms with van der Waals surface area (Å²) >= 11 is 0. The van der Waals surface area contributed by atoms with Crippen LogP contribution in [-0.4, -0.2) is 68.3 Å². The van der Waals surface area contributed by atoms with Crippen LogP contribution in [0, 0.1) is 0 Å². The number of hydrogen-bond acceptors (Lipinski definition) is 8. The summed E-state index contributed by atoms with van der Waals surface area (Å²) in [6, 6.07) is 20.7. The SMILES string of the molecule is CO[C@@H]1[C@H](O)[C@@H](CO)O[C@H]1n1cnc2c(NCC(c3ccccc3)c3ccccc3)ncnc21. The minimum Gasteiger partial charge on any atom is -0.394 e. The second kappa shape index (κ2) is 9.86. The molecule has 0 unspecified atom stereocenters. The Morgan fingerprint density at radius 3 is 2.32 bits per heavy atom. The van der Waals surface area contributed by atoms with Crippen LogP contribution in [0.15, 0.2) is 73.3 Å². The molecule has 1 aliphatic rings. The Balaban J connectivity index is 1.43. The lowest BCUT2D eigenvalue weighted by Crippen LogP contribution is -2.34. The van der Waals surface area contributed by atoms with Crippen molar-refractivity contribution in [3.63, 3.8) is 0 Å². The van der Waals surface area contributed by atoms with Gasteiger partial charge in [-0.15, -0.1) is 0 Å². The van der Waals surface area contributed by atoms with Gasteiger partial charge in [0.1, 0.15) is 24.6 Å². The molecule has 0 aliphatic carbocycles. The minimum absolute atomic E-state index is 0.117. The number of rotatable bonds is 8. The van der Waals surface area contributed by atoms with E-state index in [9.17, 15) is 10.2 Å². The van der Waals surface area contributed by atoms with Crippen molar-refractivity contribution in [1.82, 2.24) is 19.5 Å². The van der Waals surface area contributed by atoms with Crippen LogP contribution in [0.5, 0.6) is 0 Å². The van der Waals surface area contributed by atoms with E-state index < -0.39 is 24.5 Å². The lowest BCUT2D eigenvalue weighted by molar-refractivity contribution is -0.0583. The number of nitrogens with zero attached hydrogens (tertiary/aromatic N) is 4. The molecule has 0 radical (unpaired) electrons. The molecule has 3 heterocycles. The van der Waals surface area contributed by atoms with Gasteiger partial charge < -0.3 is 25.0 Å². The van der Waals surface area contributed by atoms with E-state index >= 15 is 0 Å². The maximum Gasteiger partial charge on any atom is 0.167 e. The van der Waals surface area contributed by atoms with Gasteiger partial charge in [-0.2, -0.15) is 0 Å². The number of benzene rings is 2. The molecule has 1 fully saturated rings. The van der Waals surface area contributed by atoms with Gasteiger partial charge >= 0.3 is 0 Å². The highest BCUT2D eigenvalue weighted by Gasteiger charge is 2.45. The van der Waals surface area contributed by atoms with Gasteiger partial charge in [-0.3, -0.25) is 4.57 Å². The summed E-state index contributed by atoms with van der Waals surface area (Å²) in [5.41, 5.74) is 3.53. The standard InChI is InChI=1S/C25H27N5O4/c1-33-22-21(32)19(13-31)34-25(22)30-15-29-20-23(27-14-28-24(20)30)26-12-18(16-8-4-2-5-9-16)17-10-6-3-7-11-17/h2-11,14-15,18-19,21-22,25,31-32H,12-13H2,1H3,(H,26,27,28)/t19-,21-,22-,25-/m1/s1. The first kappa shape index (κ1) is 22.4. The van der Waals surface area contributed by atoms with Crippen LogP contribution >= 0.6 is 0 Å². The topological polar surface area (TPSA) is 115 Å². The monoisotopic (exact) mass is 461 g/mol. The number of fused-ring (bicyclic) bond motifs is 1. The maximum absolute atomic E-state index is 10.4. The average Bonchev–Trinajstić information content (AvgIpc) is 3.46. The summed E-state index contributed by atoms with van der Waals surface area (Å²) in [6.07, 6.45) is 0.0191. The number of anilines is 1. The lowest BCUT2D eigenvalue weighted by Gasteiger charge is -2.20. The predicted octanol–water partition coefficient (Wildman–Crippen LogP) is 2.34. The molecule has 2 aromatic carbocycles. The number of aliphatic hydroxyl groups is 2. The van der Waals surface area contributed by atoms with Gasteiger partial charge in [0.2, 0.25) is 0 Å². The summed E-state index contributed by atoms with van der Waals surface area (Å²) in [6.45, 7) is 0.297. The van der Waals surface area contributed by atoms with Crippen LogP contribution in [0.1, 0.15) is 23.3 Å². The number of hydrogen-bond donors (Lipinski definition) is 3. The molecule has 1 saturated heterocycles. The van der Waals surface area contributed by atoms with Crippen molar-refractivity contribution >= 4 is 17.0 Å². The Morgan fingerprint density at radius 2 is 1.71 bits per heavy atom. The zero-order chi connectivity index (χ0) is 23.5. The van der Waals surface area contributed by atoms with E-state index in [2.05, 4.69) is 44.5 Å². The van der Waals surface area contributed by atoms with Gasteiger partial charge in [0, 0.05) is 19.6 Å². The molecule has 0 saturated carbocycles. The van der Waals surface area contributed by atoms with Crippen LogP contribution < -0.4 is 5.32 Å². The highest BCUT2D eigenvalue weighted by molar-refractivity contribution is 5.82. The second-order valence-electron chi connectivity index (χ2n) is 8.24. The van der Waals surface area contributed by atoms with Crippen molar-refractivity contribution in [3.8, 4) is 0 Å². The molecule has 5 rings (SSSR count). The van der Waals surface area contributed by atoms with Crippen molar-refractivity contribution in [2.45, 2.75) is 30.5 Å². The van der Waals surface area contributed by atoms with Crippen LogP contribution in [-0.2, 0) is 9.47 Å². The van der Waals surface area contributed by atoms with E-state index in [4.69, 9.17) is 9.47 Å². The fourth-order valence-electron chi connectivity index (χ4n) is 4.51. The van der Waals surface area contributed by atoms with Crippen molar-refractivity contribution in [2.24, 2.45) is 0 Å². The van der Waals surface area contributed by atoms with Crippen LogP contribution in [0.25, 0.3) is 11.2 Å². The molecule has 9 nitrogen and oxygen atoms in total. The Morgan fingerprint density at radius 1 is 1.03 bits per heavy atom. The molecule has 2 aromatic heterocycles. The highest BCUT2D eigenvalue weighted by atomic mass is 16.6. The summed E-state index contributed by atoms with van der Waals surface area (Å²) in [5, 5.41) is 23.4. The van der Waals surface area contributed by atoms with Gasteiger partial charge in [-0.05, 0) is 11.1 Å². The second-order valence-corrected chi connectivity index (χ2v) is 8.24. The molecular formula is C25H27N5O4. The summed E-state index contributed by atoms with van der Waals surface area (Å²) < 4.78 is 13.0. The van der Waals surface area contributed by atoms with E-state index in [-0.39, 0.29) is 12.5 Å². The number of nitrogens with one attached hydrogen (secondary N) is 1. The number of aromatic nitrogens is 4. The van der Waals surface area contributed by atoms with Gasteiger partial charge in [0.15, 0.2) is 23.2 Å². The molecule has 0 spiro atoms. The van der Waals surface area contributed by atoms with Gasteiger partial charge in [-0.25, -0.2) is 15.0 Å². The van der Waals surface area contributed by atoms with E-state index in [1.807, 2.05) is 36.4 Å².